The molecule has 0 fully saturated rings. The lowest BCUT2D eigenvalue weighted by atomic mass is 9.98. The second kappa shape index (κ2) is 7.92. The van der Waals surface area contributed by atoms with Crippen LogP contribution in [0.1, 0.15) is 37.4 Å². The molecule has 0 spiro atoms. The van der Waals surface area contributed by atoms with Crippen LogP contribution in [-0.4, -0.2) is 29.7 Å². The molecule has 1 atom stereocenters. The highest BCUT2D eigenvalue weighted by Gasteiger charge is 2.32. The standard InChI is InChI=1S/C20H19BrN2O4/c1-12(24)23-19(14-4-6-15(21)7-5-14)11-18(22-23)17-9-8-16(26-3)10-20(17)27-13(2)25/h4-10,19H,11H2,1-3H3/t19-/m0/s1. The van der Waals surface area contributed by atoms with Gasteiger partial charge in [-0.3, -0.25) is 9.59 Å². The molecule has 2 aromatic carbocycles. The average Bonchev–Trinajstić information content (AvgIpc) is 3.07. The van der Waals surface area contributed by atoms with Crippen molar-refractivity contribution in [2.24, 2.45) is 5.10 Å². The van der Waals surface area contributed by atoms with Crippen LogP contribution in [0.4, 0.5) is 0 Å². The monoisotopic (exact) mass is 430 g/mol. The van der Waals surface area contributed by atoms with Gasteiger partial charge >= 0.3 is 5.97 Å². The molecule has 0 aromatic heterocycles. The van der Waals surface area contributed by atoms with Gasteiger partial charge in [0.2, 0.25) is 5.91 Å². The maximum absolute atomic E-state index is 12.1. The van der Waals surface area contributed by atoms with Crippen LogP contribution in [0.15, 0.2) is 52.0 Å². The molecule has 7 heteroatoms. The van der Waals surface area contributed by atoms with Crippen LogP contribution in [-0.2, 0) is 9.59 Å². The van der Waals surface area contributed by atoms with Crippen molar-refractivity contribution in [2.45, 2.75) is 26.3 Å². The first-order valence-electron chi connectivity index (χ1n) is 8.38. The molecule has 2 aromatic rings. The number of methoxy groups -OCH3 is 1. The zero-order valence-electron chi connectivity index (χ0n) is 15.2. The highest BCUT2D eigenvalue weighted by atomic mass is 79.9. The highest BCUT2D eigenvalue weighted by Crippen LogP contribution is 2.36. The molecule has 140 valence electrons. The number of carbonyl (C=O) groups is 2. The first-order valence-corrected chi connectivity index (χ1v) is 9.18. The number of hydrogen-bond acceptors (Lipinski definition) is 5. The number of rotatable bonds is 4. The number of hydrogen-bond donors (Lipinski definition) is 0. The van der Waals surface area contributed by atoms with Crippen LogP contribution in [0.2, 0.25) is 0 Å². The maximum atomic E-state index is 12.1. The Hall–Kier alpha value is -2.67. The quantitative estimate of drug-likeness (QED) is 0.541. The number of halogens is 1. The zero-order valence-corrected chi connectivity index (χ0v) is 16.8. The number of carbonyl (C=O) groups excluding carboxylic acids is 2. The Labute approximate surface area is 165 Å². The fraction of sp³-hybridized carbons (Fsp3) is 0.250. The van der Waals surface area contributed by atoms with Gasteiger partial charge in [-0.2, -0.15) is 5.10 Å². The molecule has 0 saturated heterocycles. The van der Waals surface area contributed by atoms with E-state index < -0.39 is 5.97 Å². The van der Waals surface area contributed by atoms with E-state index in [2.05, 4.69) is 21.0 Å². The van der Waals surface area contributed by atoms with E-state index in [-0.39, 0.29) is 11.9 Å². The summed E-state index contributed by atoms with van der Waals surface area (Å²) in [5, 5.41) is 5.99. The van der Waals surface area contributed by atoms with Crippen molar-refractivity contribution in [3.63, 3.8) is 0 Å². The zero-order chi connectivity index (χ0) is 19.6. The molecule has 0 N–H and O–H groups in total. The Bertz CT molecular complexity index is 909. The molecule has 0 aliphatic carbocycles. The molecule has 1 aliphatic heterocycles. The molecular formula is C20H19BrN2O4. The Morgan fingerprint density at radius 1 is 1.15 bits per heavy atom. The van der Waals surface area contributed by atoms with Crippen LogP contribution in [0.5, 0.6) is 11.5 Å². The molecule has 3 rings (SSSR count). The molecular weight excluding hydrogens is 412 g/mol. The molecule has 1 aliphatic rings. The summed E-state index contributed by atoms with van der Waals surface area (Å²) in [5.74, 6) is 0.346. The molecule has 0 unspecified atom stereocenters. The summed E-state index contributed by atoms with van der Waals surface area (Å²) in [6.07, 6.45) is 0.516. The Morgan fingerprint density at radius 3 is 2.44 bits per heavy atom. The third-order valence-corrected chi connectivity index (χ3v) is 4.77. The van der Waals surface area contributed by atoms with Crippen molar-refractivity contribution < 1.29 is 19.1 Å². The van der Waals surface area contributed by atoms with Gasteiger partial charge < -0.3 is 9.47 Å². The van der Waals surface area contributed by atoms with Gasteiger partial charge in [0.05, 0.1) is 18.9 Å². The van der Waals surface area contributed by atoms with Gasteiger partial charge in [-0.25, -0.2) is 5.01 Å². The molecule has 27 heavy (non-hydrogen) atoms. The van der Waals surface area contributed by atoms with Crippen molar-refractivity contribution in [3.05, 3.63) is 58.1 Å². The fourth-order valence-corrected chi connectivity index (χ4v) is 3.28. The minimum absolute atomic E-state index is 0.152. The summed E-state index contributed by atoms with van der Waals surface area (Å²) in [7, 11) is 1.54. The van der Waals surface area contributed by atoms with Crippen molar-refractivity contribution in [3.8, 4) is 11.5 Å². The lowest BCUT2D eigenvalue weighted by Gasteiger charge is -2.20. The predicted octanol–water partition coefficient (Wildman–Crippen LogP) is 4.08. The topological polar surface area (TPSA) is 68.2 Å². The van der Waals surface area contributed by atoms with Gasteiger partial charge in [0.1, 0.15) is 11.5 Å². The molecule has 1 amide bonds. The van der Waals surface area contributed by atoms with E-state index >= 15 is 0 Å². The van der Waals surface area contributed by atoms with Crippen molar-refractivity contribution in [2.75, 3.05) is 7.11 Å². The normalized spacial score (nSPS) is 16.1. The fourth-order valence-electron chi connectivity index (χ4n) is 3.02. The van der Waals surface area contributed by atoms with Gasteiger partial charge in [0, 0.05) is 36.4 Å². The Balaban J connectivity index is 1.99. The summed E-state index contributed by atoms with van der Waals surface area (Å²) in [4.78, 5) is 23.6. The van der Waals surface area contributed by atoms with Gasteiger partial charge in [0.25, 0.3) is 0 Å². The first kappa shape index (κ1) is 19.1. The van der Waals surface area contributed by atoms with E-state index in [1.165, 1.54) is 18.9 Å². The van der Waals surface area contributed by atoms with Gasteiger partial charge in [0.15, 0.2) is 0 Å². The van der Waals surface area contributed by atoms with Crippen LogP contribution < -0.4 is 9.47 Å². The number of esters is 1. The maximum Gasteiger partial charge on any atom is 0.308 e. The van der Waals surface area contributed by atoms with Gasteiger partial charge in [-0.15, -0.1) is 0 Å². The predicted molar refractivity (Wildman–Crippen MR) is 105 cm³/mol. The molecule has 6 nitrogen and oxygen atoms in total. The summed E-state index contributed by atoms with van der Waals surface area (Å²) >= 11 is 3.42. The lowest BCUT2D eigenvalue weighted by molar-refractivity contribution is -0.132. The number of amides is 1. The summed E-state index contributed by atoms with van der Waals surface area (Å²) in [6, 6.07) is 12.8. The van der Waals surface area contributed by atoms with E-state index in [1.807, 2.05) is 24.3 Å². The SMILES string of the molecule is COc1ccc(C2=NN(C(C)=O)[C@H](c3ccc(Br)cc3)C2)c(OC(C)=O)c1. The third kappa shape index (κ3) is 4.19. The Morgan fingerprint density at radius 2 is 1.85 bits per heavy atom. The summed E-state index contributed by atoms with van der Waals surface area (Å²) in [5.41, 5.74) is 2.32. The van der Waals surface area contributed by atoms with E-state index in [0.717, 1.165) is 10.0 Å². The molecule has 0 saturated carbocycles. The number of nitrogens with zero attached hydrogens (tertiary/aromatic N) is 2. The van der Waals surface area contributed by atoms with E-state index in [0.29, 0.717) is 29.2 Å². The first-order chi connectivity index (χ1) is 12.9. The van der Waals surface area contributed by atoms with Crippen molar-refractivity contribution in [1.29, 1.82) is 0 Å². The average molecular weight is 431 g/mol. The minimum atomic E-state index is -0.434. The van der Waals surface area contributed by atoms with E-state index in [1.54, 1.807) is 25.3 Å². The second-order valence-electron chi connectivity index (χ2n) is 6.14. The van der Waals surface area contributed by atoms with Gasteiger partial charge in [-0.05, 0) is 29.8 Å². The second-order valence-corrected chi connectivity index (χ2v) is 7.05. The number of hydrazone groups is 1. The van der Waals surface area contributed by atoms with E-state index in [9.17, 15) is 9.59 Å². The van der Waals surface area contributed by atoms with Crippen LogP contribution >= 0.6 is 15.9 Å². The smallest absolute Gasteiger partial charge is 0.308 e. The summed E-state index contributed by atoms with van der Waals surface area (Å²) < 4.78 is 11.5. The van der Waals surface area contributed by atoms with Crippen LogP contribution in [0, 0.1) is 0 Å². The van der Waals surface area contributed by atoms with E-state index in [4.69, 9.17) is 9.47 Å². The molecule has 0 radical (unpaired) electrons. The van der Waals surface area contributed by atoms with Gasteiger partial charge in [-0.1, -0.05) is 28.1 Å². The molecule has 0 bridgehead atoms. The third-order valence-electron chi connectivity index (χ3n) is 4.24. The number of ether oxygens (including phenoxy) is 2. The largest absolute Gasteiger partial charge is 0.497 e. The van der Waals surface area contributed by atoms with Crippen molar-refractivity contribution in [1.82, 2.24) is 5.01 Å². The minimum Gasteiger partial charge on any atom is -0.497 e. The lowest BCUT2D eigenvalue weighted by Crippen LogP contribution is -2.24. The molecule has 1 heterocycles. The highest BCUT2D eigenvalue weighted by molar-refractivity contribution is 9.10. The summed E-state index contributed by atoms with van der Waals surface area (Å²) in [6.45, 7) is 2.82. The Kier molecular flexibility index (Phi) is 5.60. The van der Waals surface area contributed by atoms with Crippen LogP contribution in [0.25, 0.3) is 0 Å². The van der Waals surface area contributed by atoms with Crippen LogP contribution in [0.3, 0.4) is 0 Å². The van der Waals surface area contributed by atoms with Crippen molar-refractivity contribution >= 4 is 33.5 Å². The number of benzene rings is 2.